The highest BCUT2D eigenvalue weighted by Crippen LogP contribution is 2.30. The number of aromatic nitrogens is 1. The molecular weight excluding hydrogens is 546 g/mol. The van der Waals surface area contributed by atoms with E-state index < -0.39 is 5.97 Å². The first-order valence-corrected chi connectivity index (χ1v) is 14.5. The summed E-state index contributed by atoms with van der Waals surface area (Å²) in [5.74, 6) is 0.500. The average molecular weight is 582 g/mol. The van der Waals surface area contributed by atoms with Gasteiger partial charge in [-0.05, 0) is 78.4 Å². The molecule has 4 aromatic rings. The van der Waals surface area contributed by atoms with E-state index in [0.717, 1.165) is 42.2 Å². The standard InChI is InChI=1S/C34H35N3O6/c1-21(2)33(39)36-25-10-14-26(15-11-25)42-27-12-8-24-19-28(13-9-23(24)18-27)43-32-16-7-22(20-35-32)17-31(38)37-30-6-4-3-5-29(30)34(40)41/h3-9,12-13,16,18-21,25-26H,10-11,14-15,17H2,1-2H3,(H,36,39)(H,37,38)(H,40,41). The van der Waals surface area contributed by atoms with Gasteiger partial charge in [-0.2, -0.15) is 0 Å². The summed E-state index contributed by atoms with van der Waals surface area (Å²) in [7, 11) is 0. The van der Waals surface area contributed by atoms with Crippen LogP contribution in [0.5, 0.6) is 17.4 Å². The normalized spacial score (nSPS) is 16.4. The Morgan fingerprint density at radius 1 is 0.907 bits per heavy atom. The van der Waals surface area contributed by atoms with Crippen LogP contribution >= 0.6 is 0 Å². The third-order valence-corrected chi connectivity index (χ3v) is 7.45. The van der Waals surface area contributed by atoms with Gasteiger partial charge in [0.1, 0.15) is 11.5 Å². The minimum absolute atomic E-state index is 0.00193. The fourth-order valence-corrected chi connectivity index (χ4v) is 5.08. The zero-order valence-corrected chi connectivity index (χ0v) is 24.2. The Hall–Kier alpha value is -4.92. The van der Waals surface area contributed by atoms with Crippen molar-refractivity contribution in [2.45, 2.75) is 58.1 Å². The molecule has 1 aliphatic rings. The van der Waals surface area contributed by atoms with Gasteiger partial charge in [-0.1, -0.05) is 44.2 Å². The molecular formula is C34H35N3O6. The van der Waals surface area contributed by atoms with Crippen LogP contribution in [-0.4, -0.2) is 40.0 Å². The van der Waals surface area contributed by atoms with Crippen LogP contribution in [0.4, 0.5) is 5.69 Å². The topological polar surface area (TPSA) is 127 Å². The number of benzene rings is 3. The first-order chi connectivity index (χ1) is 20.7. The molecule has 1 aromatic heterocycles. The van der Waals surface area contributed by atoms with Crippen molar-refractivity contribution in [3.8, 4) is 17.4 Å². The number of amides is 2. The summed E-state index contributed by atoms with van der Waals surface area (Å²) in [4.78, 5) is 40.1. The molecule has 0 saturated heterocycles. The third kappa shape index (κ3) is 7.88. The number of carboxylic acid groups (broad SMARTS) is 1. The Balaban J connectivity index is 1.13. The molecule has 1 heterocycles. The van der Waals surface area contributed by atoms with Crippen LogP contribution in [0.1, 0.15) is 55.5 Å². The van der Waals surface area contributed by atoms with E-state index in [1.165, 1.54) is 6.07 Å². The Bertz CT molecular complexity index is 1610. The maximum Gasteiger partial charge on any atom is 0.337 e. The Labute approximate surface area is 250 Å². The number of anilines is 1. The van der Waals surface area contributed by atoms with Crippen LogP contribution in [0.3, 0.4) is 0 Å². The zero-order chi connectivity index (χ0) is 30.3. The van der Waals surface area contributed by atoms with Crippen LogP contribution in [0.2, 0.25) is 0 Å². The first-order valence-electron chi connectivity index (χ1n) is 14.5. The molecule has 9 heteroatoms. The quantitative estimate of drug-likeness (QED) is 0.199. The summed E-state index contributed by atoms with van der Waals surface area (Å²) < 4.78 is 12.2. The molecule has 2 amide bonds. The van der Waals surface area contributed by atoms with Gasteiger partial charge in [-0.3, -0.25) is 9.59 Å². The zero-order valence-electron chi connectivity index (χ0n) is 24.2. The van der Waals surface area contributed by atoms with Crippen LogP contribution in [0, 0.1) is 5.92 Å². The van der Waals surface area contributed by atoms with Crippen molar-refractivity contribution in [3.05, 3.63) is 90.1 Å². The lowest BCUT2D eigenvalue weighted by Gasteiger charge is -2.30. The number of carboxylic acids is 1. The van der Waals surface area contributed by atoms with Crippen LogP contribution in [0.25, 0.3) is 10.8 Å². The second kappa shape index (κ2) is 13.4. The number of pyridine rings is 1. The lowest BCUT2D eigenvalue weighted by Crippen LogP contribution is -2.41. The van der Waals surface area contributed by atoms with Gasteiger partial charge in [-0.25, -0.2) is 9.78 Å². The number of aromatic carboxylic acids is 1. The summed E-state index contributed by atoms with van der Waals surface area (Å²) in [6.45, 7) is 3.82. The van der Waals surface area contributed by atoms with Crippen molar-refractivity contribution in [2.24, 2.45) is 5.92 Å². The van der Waals surface area contributed by atoms with Crippen molar-refractivity contribution in [1.29, 1.82) is 0 Å². The molecule has 9 nitrogen and oxygen atoms in total. The smallest absolute Gasteiger partial charge is 0.337 e. The highest BCUT2D eigenvalue weighted by Gasteiger charge is 2.24. The van der Waals surface area contributed by atoms with Gasteiger partial charge in [0.05, 0.1) is 23.8 Å². The number of para-hydroxylation sites is 1. The number of nitrogens with one attached hydrogen (secondary N) is 2. The van der Waals surface area contributed by atoms with Gasteiger partial charge >= 0.3 is 5.97 Å². The molecule has 1 aliphatic carbocycles. The molecule has 3 aromatic carbocycles. The maximum absolute atomic E-state index is 12.5. The van der Waals surface area contributed by atoms with Crippen LogP contribution in [0.15, 0.2) is 79.0 Å². The fourth-order valence-electron chi connectivity index (χ4n) is 5.08. The van der Waals surface area contributed by atoms with E-state index >= 15 is 0 Å². The lowest BCUT2D eigenvalue weighted by atomic mass is 9.92. The number of hydrogen-bond acceptors (Lipinski definition) is 6. The number of nitrogens with zero attached hydrogens (tertiary/aromatic N) is 1. The molecule has 222 valence electrons. The average Bonchev–Trinajstić information content (AvgIpc) is 2.99. The van der Waals surface area contributed by atoms with Gasteiger partial charge in [0, 0.05) is 24.2 Å². The molecule has 0 aliphatic heterocycles. The number of carbonyl (C=O) groups excluding carboxylic acids is 2. The predicted molar refractivity (Wildman–Crippen MR) is 164 cm³/mol. The van der Waals surface area contributed by atoms with Crippen molar-refractivity contribution in [2.75, 3.05) is 5.32 Å². The van der Waals surface area contributed by atoms with Crippen molar-refractivity contribution < 1.29 is 29.0 Å². The van der Waals surface area contributed by atoms with E-state index in [1.54, 1.807) is 36.5 Å². The lowest BCUT2D eigenvalue weighted by molar-refractivity contribution is -0.125. The SMILES string of the molecule is CC(C)C(=O)NC1CCC(Oc2ccc3cc(Oc4ccc(CC(=O)Nc5ccccc5C(=O)O)cn4)ccc3c2)CC1. The molecule has 0 spiro atoms. The van der Waals surface area contributed by atoms with Gasteiger partial charge in [0.15, 0.2) is 0 Å². The second-order valence-corrected chi connectivity index (χ2v) is 11.1. The monoisotopic (exact) mass is 581 g/mol. The molecule has 0 atom stereocenters. The molecule has 0 bridgehead atoms. The maximum atomic E-state index is 12.5. The minimum atomic E-state index is -1.11. The minimum Gasteiger partial charge on any atom is -0.490 e. The summed E-state index contributed by atoms with van der Waals surface area (Å²) in [6, 6.07) is 21.7. The van der Waals surface area contributed by atoms with E-state index in [-0.39, 0.29) is 47.5 Å². The second-order valence-electron chi connectivity index (χ2n) is 11.1. The van der Waals surface area contributed by atoms with Crippen LogP contribution < -0.4 is 20.1 Å². The third-order valence-electron chi connectivity index (χ3n) is 7.45. The Morgan fingerprint density at radius 2 is 1.60 bits per heavy atom. The van der Waals surface area contributed by atoms with Gasteiger partial charge < -0.3 is 25.2 Å². The fraction of sp³-hybridized carbons (Fsp3) is 0.294. The highest BCUT2D eigenvalue weighted by molar-refractivity contribution is 6.01. The molecule has 0 radical (unpaired) electrons. The van der Waals surface area contributed by atoms with Crippen LogP contribution in [-0.2, 0) is 16.0 Å². The highest BCUT2D eigenvalue weighted by atomic mass is 16.5. The molecule has 5 rings (SSSR count). The van der Waals surface area contributed by atoms with E-state index in [9.17, 15) is 19.5 Å². The molecule has 43 heavy (non-hydrogen) atoms. The number of fused-ring (bicyclic) bond motifs is 1. The summed E-state index contributed by atoms with van der Waals surface area (Å²) in [6.07, 6.45) is 5.38. The van der Waals surface area contributed by atoms with Gasteiger partial charge in [0.2, 0.25) is 17.7 Å². The number of carbonyl (C=O) groups is 3. The largest absolute Gasteiger partial charge is 0.490 e. The van der Waals surface area contributed by atoms with Gasteiger partial charge in [0.25, 0.3) is 0 Å². The summed E-state index contributed by atoms with van der Waals surface area (Å²) in [5.41, 5.74) is 0.945. The van der Waals surface area contributed by atoms with E-state index in [1.807, 2.05) is 50.2 Å². The van der Waals surface area contributed by atoms with E-state index in [2.05, 4.69) is 15.6 Å². The molecule has 1 saturated carbocycles. The first kappa shape index (κ1) is 29.6. The van der Waals surface area contributed by atoms with Crippen molar-refractivity contribution >= 4 is 34.2 Å². The van der Waals surface area contributed by atoms with E-state index in [0.29, 0.717) is 17.2 Å². The number of ether oxygens (including phenoxy) is 2. The van der Waals surface area contributed by atoms with Crippen molar-refractivity contribution in [3.63, 3.8) is 0 Å². The number of rotatable bonds is 10. The summed E-state index contributed by atoms with van der Waals surface area (Å²) in [5, 5.41) is 17.1. The molecule has 1 fully saturated rings. The predicted octanol–water partition coefficient (Wildman–Crippen LogP) is 6.37. The van der Waals surface area contributed by atoms with Crippen molar-refractivity contribution in [1.82, 2.24) is 10.3 Å². The summed E-state index contributed by atoms with van der Waals surface area (Å²) >= 11 is 0. The molecule has 0 unspecified atom stereocenters. The molecule has 3 N–H and O–H groups in total. The number of hydrogen-bond donors (Lipinski definition) is 3. The Morgan fingerprint density at radius 3 is 2.28 bits per heavy atom. The van der Waals surface area contributed by atoms with E-state index in [4.69, 9.17) is 9.47 Å². The Kier molecular flexibility index (Phi) is 9.20. The van der Waals surface area contributed by atoms with Gasteiger partial charge in [-0.15, -0.1) is 0 Å².